The second-order valence-electron chi connectivity index (χ2n) is 5.39. The van der Waals surface area contributed by atoms with E-state index >= 15 is 0 Å². The summed E-state index contributed by atoms with van der Waals surface area (Å²) in [4.78, 5) is 11.8. The third kappa shape index (κ3) is 3.87. The number of rotatable bonds is 6. The van der Waals surface area contributed by atoms with E-state index in [1.54, 1.807) is 0 Å². The Bertz CT molecular complexity index is 647. The number of carbonyl (C=O) groups excluding carboxylic acids is 1. The van der Waals surface area contributed by atoms with Gasteiger partial charge in [-0.25, -0.2) is 0 Å². The predicted octanol–water partition coefficient (Wildman–Crippen LogP) is 3.12. The molecule has 1 aromatic heterocycles. The van der Waals surface area contributed by atoms with Gasteiger partial charge in [0, 0.05) is 12.1 Å². The minimum atomic E-state index is -0.0746. The Morgan fingerprint density at radius 1 is 1.41 bits per heavy atom. The fourth-order valence-corrected chi connectivity index (χ4v) is 2.31. The van der Waals surface area contributed by atoms with Gasteiger partial charge in [0.1, 0.15) is 5.75 Å². The number of amides is 1. The standard InChI is InChI=1S/C17H22N2O3/c1-5-18-16(20)10-15-17(12(4)19-22-15)13-7-6-8-14(9-13)21-11(2)3/h6-9,11H,5,10H2,1-4H3,(H,18,20). The number of benzene rings is 1. The van der Waals surface area contributed by atoms with Gasteiger partial charge in [-0.15, -0.1) is 0 Å². The van der Waals surface area contributed by atoms with Crippen molar-refractivity contribution in [1.29, 1.82) is 0 Å². The van der Waals surface area contributed by atoms with Gasteiger partial charge in [0.05, 0.1) is 18.2 Å². The second-order valence-corrected chi connectivity index (χ2v) is 5.39. The molecule has 0 saturated heterocycles. The Labute approximate surface area is 130 Å². The Balaban J connectivity index is 2.32. The van der Waals surface area contributed by atoms with Crippen LogP contribution < -0.4 is 10.1 Å². The first-order chi connectivity index (χ1) is 10.5. The van der Waals surface area contributed by atoms with Crippen LogP contribution in [0, 0.1) is 6.92 Å². The van der Waals surface area contributed by atoms with Crippen molar-refractivity contribution in [2.75, 3.05) is 6.54 Å². The lowest BCUT2D eigenvalue weighted by Gasteiger charge is -2.11. The summed E-state index contributed by atoms with van der Waals surface area (Å²) >= 11 is 0. The molecule has 0 atom stereocenters. The molecule has 0 aliphatic carbocycles. The van der Waals surface area contributed by atoms with E-state index in [0.717, 1.165) is 22.6 Å². The van der Waals surface area contributed by atoms with Crippen LogP contribution in [0.5, 0.6) is 5.75 Å². The van der Waals surface area contributed by atoms with Gasteiger partial charge in [0.2, 0.25) is 5.91 Å². The molecule has 0 spiro atoms. The van der Waals surface area contributed by atoms with E-state index in [0.29, 0.717) is 12.3 Å². The number of aryl methyl sites for hydroxylation is 1. The summed E-state index contributed by atoms with van der Waals surface area (Å²) in [6.07, 6.45) is 0.285. The van der Waals surface area contributed by atoms with Crippen molar-refractivity contribution in [3.05, 3.63) is 35.7 Å². The van der Waals surface area contributed by atoms with E-state index in [1.807, 2.05) is 52.0 Å². The minimum Gasteiger partial charge on any atom is -0.491 e. The molecule has 0 fully saturated rings. The zero-order chi connectivity index (χ0) is 16.1. The number of hydrogen-bond acceptors (Lipinski definition) is 4. The molecule has 0 saturated carbocycles. The van der Waals surface area contributed by atoms with Crippen LogP contribution in [0.4, 0.5) is 0 Å². The van der Waals surface area contributed by atoms with Crippen molar-refractivity contribution >= 4 is 5.91 Å². The SMILES string of the molecule is CCNC(=O)Cc1onc(C)c1-c1cccc(OC(C)C)c1. The number of likely N-dealkylation sites (N-methyl/N-ethyl adjacent to an activating group) is 1. The third-order valence-electron chi connectivity index (χ3n) is 3.12. The molecule has 5 heteroatoms. The molecule has 0 aliphatic heterocycles. The molecule has 2 aromatic rings. The Hall–Kier alpha value is -2.30. The molecule has 1 amide bonds. The number of nitrogens with zero attached hydrogens (tertiary/aromatic N) is 1. The van der Waals surface area contributed by atoms with Gasteiger partial charge in [-0.3, -0.25) is 4.79 Å². The molecule has 1 aromatic carbocycles. The van der Waals surface area contributed by atoms with Crippen LogP contribution in [0.25, 0.3) is 11.1 Å². The topological polar surface area (TPSA) is 64.4 Å². The van der Waals surface area contributed by atoms with Crippen molar-refractivity contribution in [3.63, 3.8) is 0 Å². The van der Waals surface area contributed by atoms with Gasteiger partial charge in [-0.1, -0.05) is 17.3 Å². The normalized spacial score (nSPS) is 10.8. The number of hydrogen-bond donors (Lipinski definition) is 1. The summed E-state index contributed by atoms with van der Waals surface area (Å²) in [5, 5.41) is 6.77. The molecule has 5 nitrogen and oxygen atoms in total. The number of nitrogens with one attached hydrogen (secondary N) is 1. The highest BCUT2D eigenvalue weighted by Crippen LogP contribution is 2.30. The maximum Gasteiger partial charge on any atom is 0.227 e. The molecule has 22 heavy (non-hydrogen) atoms. The highest BCUT2D eigenvalue weighted by molar-refractivity contribution is 5.81. The summed E-state index contributed by atoms with van der Waals surface area (Å²) < 4.78 is 11.1. The van der Waals surface area contributed by atoms with Gasteiger partial charge in [-0.05, 0) is 45.4 Å². The quantitative estimate of drug-likeness (QED) is 0.890. The van der Waals surface area contributed by atoms with Crippen LogP contribution in [0.3, 0.4) is 0 Å². The maximum absolute atomic E-state index is 11.8. The average Bonchev–Trinajstić information content (AvgIpc) is 2.79. The lowest BCUT2D eigenvalue weighted by molar-refractivity contribution is -0.120. The van der Waals surface area contributed by atoms with Gasteiger partial charge in [-0.2, -0.15) is 0 Å². The maximum atomic E-state index is 11.8. The molecule has 2 rings (SSSR count). The highest BCUT2D eigenvalue weighted by atomic mass is 16.5. The Kier molecular flexibility index (Phi) is 5.20. The van der Waals surface area contributed by atoms with Gasteiger partial charge < -0.3 is 14.6 Å². The number of carbonyl (C=O) groups is 1. The van der Waals surface area contributed by atoms with Crippen LogP contribution in [0.1, 0.15) is 32.2 Å². The fraction of sp³-hybridized carbons (Fsp3) is 0.412. The van der Waals surface area contributed by atoms with Crippen molar-refractivity contribution in [2.45, 2.75) is 40.2 Å². The van der Waals surface area contributed by atoms with Crippen LogP contribution in [-0.2, 0) is 11.2 Å². The average molecular weight is 302 g/mol. The number of aromatic nitrogens is 1. The minimum absolute atomic E-state index is 0.0746. The molecule has 1 heterocycles. The summed E-state index contributed by atoms with van der Waals surface area (Å²) in [6.45, 7) is 8.32. The monoisotopic (exact) mass is 302 g/mol. The van der Waals surface area contributed by atoms with Gasteiger partial charge in [0.25, 0.3) is 0 Å². The molecule has 0 bridgehead atoms. The summed E-state index contributed by atoms with van der Waals surface area (Å²) in [5.74, 6) is 1.29. The van der Waals surface area contributed by atoms with Crippen LogP contribution >= 0.6 is 0 Å². The van der Waals surface area contributed by atoms with E-state index in [4.69, 9.17) is 9.26 Å². The number of ether oxygens (including phenoxy) is 1. The summed E-state index contributed by atoms with van der Waals surface area (Å²) in [7, 11) is 0. The van der Waals surface area contributed by atoms with Crippen molar-refractivity contribution in [3.8, 4) is 16.9 Å². The van der Waals surface area contributed by atoms with Gasteiger partial charge in [0.15, 0.2) is 5.76 Å². The van der Waals surface area contributed by atoms with E-state index in [1.165, 1.54) is 0 Å². The van der Waals surface area contributed by atoms with Crippen LogP contribution in [-0.4, -0.2) is 23.7 Å². The first-order valence-corrected chi connectivity index (χ1v) is 7.50. The largest absolute Gasteiger partial charge is 0.491 e. The fourth-order valence-electron chi connectivity index (χ4n) is 2.31. The lowest BCUT2D eigenvalue weighted by atomic mass is 10.0. The molecule has 0 aliphatic rings. The summed E-state index contributed by atoms with van der Waals surface area (Å²) in [6, 6.07) is 7.75. The van der Waals surface area contributed by atoms with Crippen LogP contribution in [0.15, 0.2) is 28.8 Å². The Morgan fingerprint density at radius 2 is 2.18 bits per heavy atom. The molecule has 0 radical (unpaired) electrons. The highest BCUT2D eigenvalue weighted by Gasteiger charge is 2.18. The second kappa shape index (κ2) is 7.11. The van der Waals surface area contributed by atoms with E-state index in [-0.39, 0.29) is 18.4 Å². The van der Waals surface area contributed by atoms with Crippen molar-refractivity contribution < 1.29 is 14.1 Å². The molecule has 118 valence electrons. The van der Waals surface area contributed by atoms with Crippen molar-refractivity contribution in [2.24, 2.45) is 0 Å². The summed E-state index contributed by atoms with van der Waals surface area (Å²) in [5.41, 5.74) is 2.57. The molecular weight excluding hydrogens is 280 g/mol. The third-order valence-corrected chi connectivity index (χ3v) is 3.12. The first kappa shape index (κ1) is 16.1. The Morgan fingerprint density at radius 3 is 2.86 bits per heavy atom. The smallest absolute Gasteiger partial charge is 0.227 e. The van der Waals surface area contributed by atoms with E-state index in [2.05, 4.69) is 10.5 Å². The lowest BCUT2D eigenvalue weighted by Crippen LogP contribution is -2.24. The van der Waals surface area contributed by atoms with E-state index in [9.17, 15) is 4.79 Å². The van der Waals surface area contributed by atoms with Crippen molar-refractivity contribution in [1.82, 2.24) is 10.5 Å². The molecule has 1 N–H and O–H groups in total. The predicted molar refractivity (Wildman–Crippen MR) is 84.8 cm³/mol. The van der Waals surface area contributed by atoms with Crippen LogP contribution in [0.2, 0.25) is 0 Å². The zero-order valence-corrected chi connectivity index (χ0v) is 13.5. The first-order valence-electron chi connectivity index (χ1n) is 7.50. The van der Waals surface area contributed by atoms with E-state index < -0.39 is 0 Å². The molecule has 0 unspecified atom stereocenters. The molecular formula is C17H22N2O3. The van der Waals surface area contributed by atoms with Gasteiger partial charge >= 0.3 is 0 Å². The zero-order valence-electron chi connectivity index (χ0n) is 13.5.